The minimum absolute atomic E-state index is 0.0797. The maximum atomic E-state index is 12.8. The van der Waals surface area contributed by atoms with E-state index in [1.165, 1.54) is 0 Å². The van der Waals surface area contributed by atoms with E-state index in [9.17, 15) is 66.4 Å². The normalized spacial score (nSPS) is 52.8. The molecule has 0 amide bonds. The molecule has 4 aliphatic carbocycles. The van der Waals surface area contributed by atoms with Crippen molar-refractivity contribution in [1.82, 2.24) is 0 Å². The maximum absolute atomic E-state index is 12.8. The summed E-state index contributed by atoms with van der Waals surface area (Å²) in [5.41, 5.74) is -1.36. The number of hydrogen-bond acceptors (Lipinski definition) is 21. The Morgan fingerprint density at radius 3 is 1.84 bits per heavy atom. The summed E-state index contributed by atoms with van der Waals surface area (Å²) in [5.74, 6) is -0.324. The molecule has 0 aromatic rings. The highest BCUT2D eigenvalue weighted by Crippen LogP contribution is 2.76. The van der Waals surface area contributed by atoms with E-state index in [2.05, 4.69) is 40.7 Å². The monoisotopic (exact) mass is 1050 g/mol. The average Bonchev–Trinajstić information content (AvgIpc) is 3.72. The van der Waals surface area contributed by atoms with Crippen molar-refractivity contribution in [3.8, 4) is 0 Å². The van der Waals surface area contributed by atoms with Gasteiger partial charge in [0.1, 0.15) is 85.5 Å². The Kier molecular flexibility index (Phi) is 17.4. The Bertz CT molecular complexity index is 1890. The lowest BCUT2D eigenvalue weighted by Gasteiger charge is -2.71. The summed E-state index contributed by atoms with van der Waals surface area (Å²) >= 11 is 0. The Balaban J connectivity index is 1.01. The van der Waals surface area contributed by atoms with Crippen LogP contribution in [0.1, 0.15) is 113 Å². The van der Waals surface area contributed by atoms with E-state index < -0.39 is 147 Å². The summed E-state index contributed by atoms with van der Waals surface area (Å²) in [5, 5.41) is 141. The number of aliphatic hydroxyl groups excluding tert-OH is 13. The predicted octanol–water partition coefficient (Wildman–Crippen LogP) is -0.924. The van der Waals surface area contributed by atoms with Crippen molar-refractivity contribution in [2.45, 2.75) is 242 Å². The van der Waals surface area contributed by atoms with Gasteiger partial charge >= 0.3 is 0 Å². The van der Waals surface area contributed by atoms with Crippen LogP contribution in [0.5, 0.6) is 0 Å². The van der Waals surface area contributed by atoms with Crippen molar-refractivity contribution >= 4 is 0 Å². The average molecular weight is 1050 g/mol. The molecule has 8 rings (SSSR count). The minimum Gasteiger partial charge on any atom is -0.394 e. The molecule has 4 heterocycles. The SMILES string of the molecule is CC(C)=CCCC(C)(O[C@@H]1O[C@H](CO)[C@@H](O)[C@@H](O)[C@H]1O[C@H]1OC[C@@H](O)[C@H](O)[C@H]1O)C1CCC2(C)C1C(O)CC1C3(C)CCC(O[C@@H]4O[C@H](CO[C@H]5OC[C@@H](O)[C@H](O)[C@H]5O)[C@@H](O)[C@@H](O)[C@H]4O)C(C)(C)C3CCC12C. The summed E-state index contributed by atoms with van der Waals surface area (Å²) in [6.45, 7) is 15.6. The van der Waals surface area contributed by atoms with Crippen molar-refractivity contribution < 1.29 is 104 Å². The van der Waals surface area contributed by atoms with Gasteiger partial charge in [0.05, 0.1) is 44.2 Å². The van der Waals surface area contributed by atoms with Crippen LogP contribution in [0.15, 0.2) is 11.6 Å². The number of aliphatic hydroxyl groups is 13. The van der Waals surface area contributed by atoms with Gasteiger partial charge in [0, 0.05) is 0 Å². The standard InChI is InChI=1S/C52H88O21/c1-23(2)10-9-14-52(8,73-47-43(39(62)36(59)28(19-53)69-47)72-45-41(64)35(58)27(56)21-67-45)24-11-16-51(7)33(24)25(54)18-31-49(5)15-13-32(48(3,4)30(49)12-17-50(31,51)6)71-46-42(65)38(61)37(60)29(70-46)22-68-44-40(63)34(57)26(55)20-66-44/h10,24-47,53-65H,9,11-22H2,1-8H3/t24?,25?,26-,27-,28-,29-,30?,31?,32?,33?,34+,35+,36-,37-,38-,39-,40-,41-,42-,43-,44-,45-,46+,47+,49?,50?,51?,52?/m1/s1. The summed E-state index contributed by atoms with van der Waals surface area (Å²) in [6.07, 6.45) is -19.9. The van der Waals surface area contributed by atoms with Crippen molar-refractivity contribution in [3.63, 3.8) is 0 Å². The summed E-state index contributed by atoms with van der Waals surface area (Å²) in [6, 6.07) is 0. The lowest BCUT2D eigenvalue weighted by molar-refractivity contribution is -0.374. The number of fused-ring (bicyclic) bond motifs is 5. The fraction of sp³-hybridized carbons (Fsp3) is 0.962. The molecule has 8 aliphatic rings. The third-order valence-electron chi connectivity index (χ3n) is 20.1. The first-order valence-electron chi connectivity index (χ1n) is 26.7. The zero-order valence-corrected chi connectivity index (χ0v) is 43.7. The predicted molar refractivity (Wildman–Crippen MR) is 254 cm³/mol. The Morgan fingerprint density at radius 2 is 1.19 bits per heavy atom. The van der Waals surface area contributed by atoms with E-state index in [-0.39, 0.29) is 53.1 Å². The molecule has 0 aromatic heterocycles. The van der Waals surface area contributed by atoms with Gasteiger partial charge in [-0.2, -0.15) is 0 Å². The highest BCUT2D eigenvalue weighted by Gasteiger charge is 2.72. The molecule has 422 valence electrons. The van der Waals surface area contributed by atoms with Crippen LogP contribution in [-0.4, -0.2) is 221 Å². The van der Waals surface area contributed by atoms with Crippen molar-refractivity contribution in [2.24, 2.45) is 45.3 Å². The van der Waals surface area contributed by atoms with Crippen LogP contribution in [0, 0.1) is 45.3 Å². The molecule has 0 spiro atoms. The molecule has 4 saturated heterocycles. The highest BCUT2D eigenvalue weighted by molar-refractivity contribution is 5.20. The Labute approximate surface area is 428 Å². The van der Waals surface area contributed by atoms with Gasteiger partial charge in [0.15, 0.2) is 25.2 Å². The largest absolute Gasteiger partial charge is 0.394 e. The summed E-state index contributed by atoms with van der Waals surface area (Å²) < 4.78 is 48.7. The molecule has 73 heavy (non-hydrogen) atoms. The second-order valence-corrected chi connectivity index (χ2v) is 24.8. The third kappa shape index (κ3) is 10.3. The number of ether oxygens (including phenoxy) is 8. The zero-order valence-electron chi connectivity index (χ0n) is 43.7. The number of hydrogen-bond donors (Lipinski definition) is 13. The smallest absolute Gasteiger partial charge is 0.187 e. The molecule has 28 atom stereocenters. The molecule has 13 N–H and O–H groups in total. The van der Waals surface area contributed by atoms with E-state index in [4.69, 9.17) is 37.9 Å². The van der Waals surface area contributed by atoms with Gasteiger partial charge in [-0.05, 0) is 124 Å². The van der Waals surface area contributed by atoms with E-state index in [1.807, 2.05) is 20.8 Å². The topological polar surface area (TPSA) is 337 Å². The minimum atomic E-state index is -1.71. The van der Waals surface area contributed by atoms with Crippen molar-refractivity contribution in [1.29, 1.82) is 0 Å². The number of allylic oxidation sites excluding steroid dienone is 2. The zero-order chi connectivity index (χ0) is 53.5. The van der Waals surface area contributed by atoms with Gasteiger partial charge in [-0.25, -0.2) is 0 Å². The van der Waals surface area contributed by atoms with Crippen LogP contribution in [0.2, 0.25) is 0 Å². The third-order valence-corrected chi connectivity index (χ3v) is 20.1. The van der Waals surface area contributed by atoms with E-state index in [0.29, 0.717) is 32.1 Å². The molecular formula is C52H88O21. The first kappa shape index (κ1) is 58.1. The Morgan fingerprint density at radius 1 is 0.603 bits per heavy atom. The molecule has 0 radical (unpaired) electrons. The van der Waals surface area contributed by atoms with E-state index in [0.717, 1.165) is 31.3 Å². The fourth-order valence-electron chi connectivity index (χ4n) is 15.7. The van der Waals surface area contributed by atoms with Gasteiger partial charge in [0.2, 0.25) is 0 Å². The fourth-order valence-corrected chi connectivity index (χ4v) is 15.7. The van der Waals surface area contributed by atoms with Gasteiger partial charge < -0.3 is 104 Å². The van der Waals surface area contributed by atoms with Crippen LogP contribution >= 0.6 is 0 Å². The van der Waals surface area contributed by atoms with Gasteiger partial charge in [-0.3, -0.25) is 0 Å². The molecule has 10 unspecified atom stereocenters. The van der Waals surface area contributed by atoms with Gasteiger partial charge in [-0.1, -0.05) is 46.3 Å². The lowest BCUT2D eigenvalue weighted by Crippen LogP contribution is -2.67. The molecule has 0 aromatic carbocycles. The van der Waals surface area contributed by atoms with Crippen LogP contribution in [0.3, 0.4) is 0 Å². The molecule has 4 aliphatic heterocycles. The van der Waals surface area contributed by atoms with Crippen LogP contribution < -0.4 is 0 Å². The van der Waals surface area contributed by atoms with Crippen LogP contribution in [0.25, 0.3) is 0 Å². The quantitative estimate of drug-likeness (QED) is 0.0739. The number of rotatable bonds is 14. The second-order valence-electron chi connectivity index (χ2n) is 24.8. The Hall–Kier alpha value is -1.10. The first-order valence-corrected chi connectivity index (χ1v) is 26.7. The second kappa shape index (κ2) is 21.9. The molecule has 0 bridgehead atoms. The first-order chi connectivity index (χ1) is 34.1. The van der Waals surface area contributed by atoms with Crippen LogP contribution in [-0.2, 0) is 37.9 Å². The van der Waals surface area contributed by atoms with Gasteiger partial charge in [-0.15, -0.1) is 0 Å². The van der Waals surface area contributed by atoms with Crippen LogP contribution in [0.4, 0.5) is 0 Å². The maximum Gasteiger partial charge on any atom is 0.187 e. The lowest BCUT2D eigenvalue weighted by atomic mass is 9.35. The molecular weight excluding hydrogens is 961 g/mol. The van der Waals surface area contributed by atoms with Crippen molar-refractivity contribution in [2.75, 3.05) is 26.4 Å². The molecule has 8 fully saturated rings. The van der Waals surface area contributed by atoms with Gasteiger partial charge in [0.25, 0.3) is 0 Å². The van der Waals surface area contributed by atoms with E-state index in [1.54, 1.807) is 0 Å². The summed E-state index contributed by atoms with van der Waals surface area (Å²) in [4.78, 5) is 0. The molecule has 21 heteroatoms. The molecule has 21 nitrogen and oxygen atoms in total. The highest BCUT2D eigenvalue weighted by atomic mass is 16.8. The molecule has 4 saturated carbocycles. The van der Waals surface area contributed by atoms with E-state index >= 15 is 0 Å². The van der Waals surface area contributed by atoms with Crippen molar-refractivity contribution in [3.05, 3.63) is 11.6 Å². The summed E-state index contributed by atoms with van der Waals surface area (Å²) in [7, 11) is 0.